The number of nitrogens with zero attached hydrogens (tertiary/aromatic N) is 4. The second-order valence-electron chi connectivity index (χ2n) is 10.7. The van der Waals surface area contributed by atoms with E-state index in [0.717, 1.165) is 30.9 Å². The zero-order valence-electron chi connectivity index (χ0n) is 23.7. The molecule has 0 saturated carbocycles. The topological polar surface area (TPSA) is 102 Å². The van der Waals surface area contributed by atoms with Crippen LogP contribution in [0.3, 0.4) is 0 Å². The first-order valence-corrected chi connectivity index (χ1v) is 14.6. The molecule has 1 amide bonds. The molecule has 0 bridgehead atoms. The number of ether oxygens (including phenoxy) is 1. The molecule has 9 nitrogen and oxygen atoms in total. The van der Waals surface area contributed by atoms with Gasteiger partial charge in [0.2, 0.25) is 5.91 Å². The van der Waals surface area contributed by atoms with Gasteiger partial charge in [0.25, 0.3) is 5.56 Å². The van der Waals surface area contributed by atoms with Crippen molar-refractivity contribution in [1.29, 1.82) is 0 Å². The molecule has 2 fully saturated rings. The number of morpholine rings is 1. The second kappa shape index (κ2) is 13.5. The van der Waals surface area contributed by atoms with E-state index in [-0.39, 0.29) is 18.0 Å². The van der Waals surface area contributed by atoms with Crippen molar-refractivity contribution in [1.82, 2.24) is 24.3 Å². The molecule has 4 heterocycles. The summed E-state index contributed by atoms with van der Waals surface area (Å²) in [5.41, 5.74) is 0.876. The molecule has 2 aliphatic rings. The Morgan fingerprint density at radius 2 is 1.83 bits per heavy atom. The van der Waals surface area contributed by atoms with Gasteiger partial charge < -0.3 is 20.1 Å². The van der Waals surface area contributed by atoms with Gasteiger partial charge in [0.1, 0.15) is 11.5 Å². The van der Waals surface area contributed by atoms with Crippen LogP contribution in [0.2, 0.25) is 5.15 Å². The fourth-order valence-electron chi connectivity index (χ4n) is 5.17. The zero-order valence-corrected chi connectivity index (χ0v) is 24.4. The smallest absolute Gasteiger partial charge is 0.262 e. The summed E-state index contributed by atoms with van der Waals surface area (Å²) in [5, 5.41) is 15.2. The SMILES string of the molecule is CC1CNCCO1.O=C(/C=C/c1ccccc1)N1CCC(O)(Cn2cnc3c(cc(Cl)n3-c3ccccc3)c2=O)CC1. The van der Waals surface area contributed by atoms with Gasteiger partial charge in [-0.15, -0.1) is 0 Å². The van der Waals surface area contributed by atoms with E-state index in [9.17, 15) is 14.7 Å². The largest absolute Gasteiger partial charge is 0.388 e. The maximum absolute atomic E-state index is 13.2. The molecule has 2 aromatic carbocycles. The van der Waals surface area contributed by atoms with Gasteiger partial charge in [-0.2, -0.15) is 0 Å². The molecule has 1 unspecified atom stereocenters. The molecular formula is C32H36ClN5O4. The number of aromatic nitrogens is 3. The minimum Gasteiger partial charge on any atom is -0.388 e. The maximum atomic E-state index is 13.2. The lowest BCUT2D eigenvalue weighted by molar-refractivity contribution is -0.130. The van der Waals surface area contributed by atoms with E-state index in [1.165, 1.54) is 10.9 Å². The van der Waals surface area contributed by atoms with Crippen LogP contribution in [0.4, 0.5) is 0 Å². The summed E-state index contributed by atoms with van der Waals surface area (Å²) in [6.07, 6.45) is 5.97. The molecule has 2 N–H and O–H groups in total. The molecule has 6 rings (SSSR count). The molecule has 2 aliphatic heterocycles. The molecule has 4 aromatic rings. The minimum absolute atomic E-state index is 0.0898. The van der Waals surface area contributed by atoms with Gasteiger partial charge in [-0.1, -0.05) is 60.1 Å². The second-order valence-corrected chi connectivity index (χ2v) is 11.1. The summed E-state index contributed by atoms with van der Waals surface area (Å²) in [7, 11) is 0. The van der Waals surface area contributed by atoms with Crippen molar-refractivity contribution in [2.24, 2.45) is 0 Å². The summed E-state index contributed by atoms with van der Waals surface area (Å²) in [4.78, 5) is 32.0. The van der Waals surface area contributed by atoms with Crippen molar-refractivity contribution in [2.75, 3.05) is 32.8 Å². The molecule has 2 aromatic heterocycles. The molecular weight excluding hydrogens is 554 g/mol. The Balaban J connectivity index is 0.000000442. The Morgan fingerprint density at radius 1 is 1.14 bits per heavy atom. The van der Waals surface area contributed by atoms with Gasteiger partial charge in [-0.3, -0.25) is 18.7 Å². The van der Waals surface area contributed by atoms with E-state index in [1.54, 1.807) is 27.7 Å². The molecule has 42 heavy (non-hydrogen) atoms. The molecule has 2 saturated heterocycles. The summed E-state index contributed by atoms with van der Waals surface area (Å²) in [5.74, 6) is -0.0898. The van der Waals surface area contributed by atoms with Crippen LogP contribution in [0.15, 0.2) is 83.9 Å². The Labute approximate surface area is 250 Å². The van der Waals surface area contributed by atoms with Gasteiger partial charge in [0, 0.05) is 37.9 Å². The van der Waals surface area contributed by atoms with E-state index in [1.807, 2.05) is 60.7 Å². The van der Waals surface area contributed by atoms with Crippen molar-refractivity contribution in [3.05, 3.63) is 100 Å². The first-order valence-electron chi connectivity index (χ1n) is 14.2. The molecule has 10 heteroatoms. The normalized spacial score (nSPS) is 18.5. The summed E-state index contributed by atoms with van der Waals surface area (Å²) < 4.78 is 8.37. The molecule has 0 aliphatic carbocycles. The Hall–Kier alpha value is -3.76. The Kier molecular flexibility index (Phi) is 9.54. The van der Waals surface area contributed by atoms with Crippen molar-refractivity contribution in [3.8, 4) is 5.69 Å². The van der Waals surface area contributed by atoms with Crippen LogP contribution in [-0.4, -0.2) is 74.5 Å². The fourth-order valence-corrected chi connectivity index (χ4v) is 5.46. The average Bonchev–Trinajstić information content (AvgIpc) is 3.36. The highest BCUT2D eigenvalue weighted by Crippen LogP contribution is 2.26. The van der Waals surface area contributed by atoms with Crippen molar-refractivity contribution in [2.45, 2.75) is 38.0 Å². The van der Waals surface area contributed by atoms with E-state index in [2.05, 4.69) is 17.2 Å². The fraction of sp³-hybridized carbons (Fsp3) is 0.344. The Morgan fingerprint density at radius 3 is 2.45 bits per heavy atom. The number of amides is 1. The van der Waals surface area contributed by atoms with Crippen molar-refractivity contribution in [3.63, 3.8) is 0 Å². The standard InChI is InChI=1S/C27H25ClN4O3.C5H11NO/c28-23-17-22-25(32(23)21-9-5-2-6-10-21)29-19-31(26(22)34)18-27(35)13-15-30(16-14-27)24(33)12-11-20-7-3-1-4-8-20;1-5-4-6-2-3-7-5/h1-12,17,19,35H,13-16,18H2;5-6H,2-4H2,1H3/b12-11+;. The van der Waals surface area contributed by atoms with Gasteiger partial charge in [0.05, 0.1) is 30.2 Å². The molecule has 1 atom stereocenters. The van der Waals surface area contributed by atoms with Gasteiger partial charge in [0.15, 0.2) is 5.65 Å². The maximum Gasteiger partial charge on any atom is 0.262 e. The highest BCUT2D eigenvalue weighted by Gasteiger charge is 2.34. The van der Waals surface area contributed by atoms with Crippen molar-refractivity contribution >= 4 is 34.6 Å². The lowest BCUT2D eigenvalue weighted by Gasteiger charge is -2.38. The number of likely N-dealkylation sites (tertiary alicyclic amines) is 1. The first kappa shape index (κ1) is 29.7. The van der Waals surface area contributed by atoms with Gasteiger partial charge >= 0.3 is 0 Å². The number of para-hydroxylation sites is 1. The predicted molar refractivity (Wildman–Crippen MR) is 165 cm³/mol. The number of carbonyl (C=O) groups excluding carboxylic acids is 1. The van der Waals surface area contributed by atoms with Crippen LogP contribution < -0.4 is 10.9 Å². The molecule has 0 radical (unpaired) electrons. The zero-order chi connectivity index (χ0) is 29.5. The van der Waals surface area contributed by atoms with Gasteiger partial charge in [-0.25, -0.2) is 4.98 Å². The van der Waals surface area contributed by atoms with Crippen molar-refractivity contribution < 1.29 is 14.6 Å². The van der Waals surface area contributed by atoms with Crippen LogP contribution in [0.1, 0.15) is 25.3 Å². The van der Waals surface area contributed by atoms with Crippen LogP contribution in [-0.2, 0) is 16.1 Å². The van der Waals surface area contributed by atoms with E-state index >= 15 is 0 Å². The first-order chi connectivity index (χ1) is 20.3. The minimum atomic E-state index is -1.11. The number of benzene rings is 2. The number of halogens is 1. The summed E-state index contributed by atoms with van der Waals surface area (Å²) in [6, 6.07) is 20.7. The van der Waals surface area contributed by atoms with E-state index < -0.39 is 5.60 Å². The third-order valence-electron chi connectivity index (χ3n) is 7.56. The number of hydrogen-bond donors (Lipinski definition) is 2. The molecule has 0 spiro atoms. The predicted octanol–water partition coefficient (Wildman–Crippen LogP) is 3.90. The van der Waals surface area contributed by atoms with Gasteiger partial charge in [-0.05, 0) is 49.6 Å². The summed E-state index contributed by atoms with van der Waals surface area (Å²) in [6.45, 7) is 5.91. The third-order valence-corrected chi connectivity index (χ3v) is 7.83. The average molecular weight is 590 g/mol. The molecule has 220 valence electrons. The number of nitrogens with one attached hydrogen (secondary N) is 1. The lowest BCUT2D eigenvalue weighted by Crippen LogP contribution is -2.49. The van der Waals surface area contributed by atoms with Crippen LogP contribution in [0.25, 0.3) is 22.8 Å². The quantitative estimate of drug-likeness (QED) is 0.342. The van der Waals surface area contributed by atoms with E-state index in [0.29, 0.717) is 48.2 Å². The van der Waals surface area contributed by atoms with E-state index in [4.69, 9.17) is 16.3 Å². The number of fused-ring (bicyclic) bond motifs is 1. The third kappa shape index (κ3) is 7.17. The number of hydrogen-bond acceptors (Lipinski definition) is 6. The number of aliphatic hydroxyl groups is 1. The Bertz CT molecular complexity index is 1570. The lowest BCUT2D eigenvalue weighted by atomic mass is 9.91. The highest BCUT2D eigenvalue weighted by molar-refractivity contribution is 6.31. The summed E-state index contributed by atoms with van der Waals surface area (Å²) >= 11 is 6.44. The highest BCUT2D eigenvalue weighted by atomic mass is 35.5. The monoisotopic (exact) mass is 589 g/mol. The number of piperidine rings is 1. The van der Waals surface area contributed by atoms with Crippen LogP contribution in [0, 0.1) is 0 Å². The van der Waals surface area contributed by atoms with Crippen LogP contribution >= 0.6 is 11.6 Å². The number of rotatable bonds is 5. The number of carbonyl (C=O) groups is 1. The van der Waals surface area contributed by atoms with Crippen LogP contribution in [0.5, 0.6) is 0 Å².